The minimum Gasteiger partial charge on any atom is -0.508 e. The third-order valence-electron chi connectivity index (χ3n) is 2.59. The molecule has 0 fully saturated rings. The van der Waals surface area contributed by atoms with Crippen molar-refractivity contribution in [3.05, 3.63) is 29.6 Å². The van der Waals surface area contributed by atoms with Crippen LogP contribution in [-0.2, 0) is 0 Å². The molecule has 1 unspecified atom stereocenters. The van der Waals surface area contributed by atoms with Crippen molar-refractivity contribution in [2.75, 3.05) is 13.6 Å². The largest absolute Gasteiger partial charge is 0.508 e. The Morgan fingerprint density at radius 2 is 2.14 bits per heavy atom. The van der Waals surface area contributed by atoms with Crippen LogP contribution in [0.15, 0.2) is 18.2 Å². The Bertz CT molecular complexity index is 314. The third-order valence-corrected chi connectivity index (χ3v) is 2.59. The zero-order valence-electron chi connectivity index (χ0n) is 8.79. The van der Waals surface area contributed by atoms with Crippen molar-refractivity contribution in [2.24, 2.45) is 0 Å². The third kappa shape index (κ3) is 2.23. The first-order valence-corrected chi connectivity index (χ1v) is 4.75. The fraction of sp³-hybridized carbons (Fsp3) is 0.455. The topological polar surface area (TPSA) is 23.5 Å². The molecule has 14 heavy (non-hydrogen) atoms. The molecule has 0 radical (unpaired) electrons. The van der Waals surface area contributed by atoms with E-state index in [-0.39, 0.29) is 17.6 Å². The van der Waals surface area contributed by atoms with Crippen molar-refractivity contribution in [2.45, 2.75) is 19.9 Å². The summed E-state index contributed by atoms with van der Waals surface area (Å²) in [5.41, 5.74) is 0.618. The van der Waals surface area contributed by atoms with E-state index in [9.17, 15) is 4.39 Å². The van der Waals surface area contributed by atoms with Gasteiger partial charge >= 0.3 is 0 Å². The van der Waals surface area contributed by atoms with Crippen LogP contribution in [0.25, 0.3) is 0 Å². The molecule has 3 heteroatoms. The monoisotopic (exact) mass is 197 g/mol. The maximum Gasteiger partial charge on any atom is 0.131 e. The smallest absolute Gasteiger partial charge is 0.131 e. The van der Waals surface area contributed by atoms with Gasteiger partial charge < -0.3 is 5.11 Å². The molecule has 78 valence electrons. The molecular weight excluding hydrogens is 181 g/mol. The van der Waals surface area contributed by atoms with Gasteiger partial charge in [0.1, 0.15) is 11.6 Å². The lowest BCUT2D eigenvalue weighted by molar-refractivity contribution is 0.269. The van der Waals surface area contributed by atoms with Crippen LogP contribution in [0.4, 0.5) is 4.39 Å². The lowest BCUT2D eigenvalue weighted by Crippen LogP contribution is -2.22. The lowest BCUT2D eigenvalue weighted by Gasteiger charge is -2.23. The van der Waals surface area contributed by atoms with Crippen LogP contribution < -0.4 is 0 Å². The maximum absolute atomic E-state index is 13.4. The van der Waals surface area contributed by atoms with Gasteiger partial charge in [0.25, 0.3) is 0 Å². The summed E-state index contributed by atoms with van der Waals surface area (Å²) in [4.78, 5) is 2.04. The number of aromatic hydroxyl groups is 1. The summed E-state index contributed by atoms with van der Waals surface area (Å²) >= 11 is 0. The normalized spacial score (nSPS) is 13.2. The van der Waals surface area contributed by atoms with Gasteiger partial charge in [-0.25, -0.2) is 4.39 Å². The maximum atomic E-state index is 13.4. The first kappa shape index (κ1) is 11.0. The predicted octanol–water partition coefficient (Wildman–Crippen LogP) is 2.54. The number of benzene rings is 1. The van der Waals surface area contributed by atoms with Crippen molar-refractivity contribution in [1.82, 2.24) is 4.90 Å². The zero-order chi connectivity index (χ0) is 10.7. The predicted molar refractivity (Wildman–Crippen MR) is 54.8 cm³/mol. The Morgan fingerprint density at radius 3 is 2.64 bits per heavy atom. The van der Waals surface area contributed by atoms with Crippen LogP contribution in [-0.4, -0.2) is 23.6 Å². The van der Waals surface area contributed by atoms with E-state index in [1.165, 1.54) is 6.07 Å². The van der Waals surface area contributed by atoms with Gasteiger partial charge in [0, 0.05) is 17.7 Å². The van der Waals surface area contributed by atoms with Crippen molar-refractivity contribution in [3.63, 3.8) is 0 Å². The van der Waals surface area contributed by atoms with E-state index in [4.69, 9.17) is 5.11 Å². The van der Waals surface area contributed by atoms with Crippen LogP contribution in [0.1, 0.15) is 25.5 Å². The van der Waals surface area contributed by atoms with E-state index in [1.54, 1.807) is 6.07 Å². The summed E-state index contributed by atoms with van der Waals surface area (Å²) in [6.07, 6.45) is 0. The highest BCUT2D eigenvalue weighted by atomic mass is 19.1. The number of nitrogens with zero attached hydrogens (tertiary/aromatic N) is 1. The molecule has 0 aliphatic carbocycles. The Hall–Kier alpha value is -1.09. The molecule has 0 aliphatic heterocycles. The molecule has 0 bridgehead atoms. The second-order valence-corrected chi connectivity index (χ2v) is 3.46. The summed E-state index contributed by atoms with van der Waals surface area (Å²) in [7, 11) is 1.94. The van der Waals surface area contributed by atoms with E-state index in [0.29, 0.717) is 5.56 Å². The first-order valence-electron chi connectivity index (χ1n) is 4.75. The van der Waals surface area contributed by atoms with Crippen LogP contribution in [0, 0.1) is 5.82 Å². The van der Waals surface area contributed by atoms with Crippen molar-refractivity contribution < 1.29 is 9.50 Å². The number of hydrogen-bond donors (Lipinski definition) is 1. The van der Waals surface area contributed by atoms with Crippen LogP contribution in [0.5, 0.6) is 5.75 Å². The average molecular weight is 197 g/mol. The standard InChI is InChI=1S/C11H16FNO/c1-4-13(3)8(2)10-6-5-9(14)7-11(10)12/h5-8,14H,4H2,1-3H3. The molecule has 0 heterocycles. The zero-order valence-corrected chi connectivity index (χ0v) is 8.79. The summed E-state index contributed by atoms with van der Waals surface area (Å²) in [5.74, 6) is -0.379. The molecule has 0 aliphatic rings. The van der Waals surface area contributed by atoms with Crippen molar-refractivity contribution >= 4 is 0 Å². The molecule has 1 aromatic carbocycles. The number of phenols is 1. The van der Waals surface area contributed by atoms with E-state index < -0.39 is 0 Å². The molecular formula is C11H16FNO. The number of halogens is 1. The average Bonchev–Trinajstić information content (AvgIpc) is 2.15. The number of phenolic OH excluding ortho intramolecular Hbond substituents is 1. The van der Waals surface area contributed by atoms with E-state index >= 15 is 0 Å². The molecule has 2 nitrogen and oxygen atoms in total. The van der Waals surface area contributed by atoms with Gasteiger partial charge in [-0.05, 0) is 26.6 Å². The van der Waals surface area contributed by atoms with Gasteiger partial charge in [-0.3, -0.25) is 4.90 Å². The van der Waals surface area contributed by atoms with Crippen LogP contribution in [0.2, 0.25) is 0 Å². The summed E-state index contributed by atoms with van der Waals surface area (Å²) < 4.78 is 13.4. The van der Waals surface area contributed by atoms with Crippen LogP contribution >= 0.6 is 0 Å². The molecule has 1 aromatic rings. The quantitative estimate of drug-likeness (QED) is 0.805. The van der Waals surface area contributed by atoms with E-state index in [0.717, 1.165) is 12.6 Å². The highest BCUT2D eigenvalue weighted by molar-refractivity contribution is 5.29. The Kier molecular flexibility index (Phi) is 3.47. The molecule has 0 aromatic heterocycles. The molecule has 0 saturated carbocycles. The van der Waals surface area contributed by atoms with Gasteiger partial charge in [0.15, 0.2) is 0 Å². The molecule has 0 saturated heterocycles. The molecule has 1 N–H and O–H groups in total. The van der Waals surface area contributed by atoms with Gasteiger partial charge in [0.05, 0.1) is 0 Å². The summed E-state index contributed by atoms with van der Waals surface area (Å²) in [5, 5.41) is 9.06. The Morgan fingerprint density at radius 1 is 1.50 bits per heavy atom. The summed E-state index contributed by atoms with van der Waals surface area (Å²) in [6, 6.07) is 4.32. The number of hydrogen-bond acceptors (Lipinski definition) is 2. The Balaban J connectivity index is 2.95. The van der Waals surface area contributed by atoms with Gasteiger partial charge in [-0.2, -0.15) is 0 Å². The SMILES string of the molecule is CCN(C)C(C)c1ccc(O)cc1F. The van der Waals surface area contributed by atoms with E-state index in [2.05, 4.69) is 0 Å². The van der Waals surface area contributed by atoms with Gasteiger partial charge in [0.2, 0.25) is 0 Å². The van der Waals surface area contributed by atoms with Gasteiger partial charge in [-0.1, -0.05) is 13.0 Å². The minimum absolute atomic E-state index is 0.0283. The first-order chi connectivity index (χ1) is 6.56. The van der Waals surface area contributed by atoms with Crippen molar-refractivity contribution in [1.29, 1.82) is 0 Å². The highest BCUT2D eigenvalue weighted by Gasteiger charge is 2.14. The second kappa shape index (κ2) is 4.42. The van der Waals surface area contributed by atoms with Crippen molar-refractivity contribution in [3.8, 4) is 5.75 Å². The fourth-order valence-corrected chi connectivity index (χ4v) is 1.37. The fourth-order valence-electron chi connectivity index (χ4n) is 1.37. The highest BCUT2D eigenvalue weighted by Crippen LogP contribution is 2.24. The van der Waals surface area contributed by atoms with E-state index in [1.807, 2.05) is 25.8 Å². The molecule has 1 atom stereocenters. The molecule has 1 rings (SSSR count). The molecule has 0 amide bonds. The number of rotatable bonds is 3. The van der Waals surface area contributed by atoms with Crippen LogP contribution in [0.3, 0.4) is 0 Å². The Labute approximate surface area is 84.0 Å². The minimum atomic E-state index is -0.349. The van der Waals surface area contributed by atoms with Gasteiger partial charge in [-0.15, -0.1) is 0 Å². The molecule has 0 spiro atoms. The lowest BCUT2D eigenvalue weighted by atomic mass is 10.1. The second-order valence-electron chi connectivity index (χ2n) is 3.46. The summed E-state index contributed by atoms with van der Waals surface area (Å²) in [6.45, 7) is 4.83.